The Morgan fingerprint density at radius 2 is 1.17 bits per heavy atom. The van der Waals surface area contributed by atoms with Crippen molar-refractivity contribution >= 4 is 122 Å². The van der Waals surface area contributed by atoms with Crippen LogP contribution in [0.25, 0.3) is 55.6 Å². The van der Waals surface area contributed by atoms with E-state index in [1.54, 1.807) is 35.0 Å². The molecular formula is C49H58BCl4IK2N14O7. The summed E-state index contributed by atoms with van der Waals surface area (Å²) in [6.07, 6.45) is 7.58. The van der Waals surface area contributed by atoms with Crippen LogP contribution in [0, 0.1) is 3.70 Å². The van der Waals surface area contributed by atoms with Crippen molar-refractivity contribution in [1.29, 1.82) is 0 Å². The van der Waals surface area contributed by atoms with Gasteiger partial charge in [0.05, 0.1) is 64.8 Å². The molecule has 6 aromatic heterocycles. The molecule has 3 aliphatic heterocycles. The fraction of sp³-hybridized carbons (Fsp3) is 0.408. The quantitative estimate of drug-likeness (QED) is 0.0588. The van der Waals surface area contributed by atoms with Crippen LogP contribution in [0.15, 0.2) is 61.2 Å². The summed E-state index contributed by atoms with van der Waals surface area (Å²) in [5.41, 5.74) is 9.91. The molecule has 406 valence electrons. The average molecular weight is 1310 g/mol. The predicted molar refractivity (Wildman–Crippen MR) is 299 cm³/mol. The van der Waals surface area contributed by atoms with E-state index in [1.807, 2.05) is 88.5 Å². The number of aromatic nitrogens is 12. The van der Waals surface area contributed by atoms with Crippen molar-refractivity contribution in [2.24, 2.45) is 28.2 Å². The van der Waals surface area contributed by atoms with Crippen molar-refractivity contribution in [3.63, 3.8) is 0 Å². The van der Waals surface area contributed by atoms with Gasteiger partial charge in [-0.15, -0.1) is 23.2 Å². The molecule has 2 aromatic carbocycles. The summed E-state index contributed by atoms with van der Waals surface area (Å²) in [7, 11) is 7.31. The fourth-order valence-corrected chi connectivity index (χ4v) is 10.1. The van der Waals surface area contributed by atoms with Crippen LogP contribution < -0.4 is 113 Å². The molecule has 21 nitrogen and oxygen atoms in total. The number of nitrogens with zero attached hydrogens (tertiary/aromatic N) is 14. The van der Waals surface area contributed by atoms with Gasteiger partial charge < -0.3 is 39.8 Å². The molecule has 0 spiro atoms. The zero-order valence-electron chi connectivity index (χ0n) is 46.8. The van der Waals surface area contributed by atoms with Gasteiger partial charge >= 0.3 is 110 Å². The number of amides is 2. The van der Waals surface area contributed by atoms with Crippen LogP contribution in [0.1, 0.15) is 61.3 Å². The van der Waals surface area contributed by atoms with Gasteiger partial charge in [0.2, 0.25) is 22.4 Å². The van der Waals surface area contributed by atoms with E-state index in [-0.39, 0.29) is 146 Å². The van der Waals surface area contributed by atoms with Gasteiger partial charge in [-0.3, -0.25) is 33.1 Å². The normalized spacial score (nSPS) is 14.8. The molecular weight excluding hydrogens is 1250 g/mol. The van der Waals surface area contributed by atoms with Gasteiger partial charge in [0.15, 0.2) is 0 Å². The Hall–Kier alpha value is -2.26. The number of aryl methyl sites for hydroxylation is 4. The number of hydrogen-bond acceptors (Lipinski definition) is 13. The largest absolute Gasteiger partial charge is 1.00 e. The smallest absolute Gasteiger partial charge is 1.00 e. The molecule has 29 heteroatoms. The van der Waals surface area contributed by atoms with Gasteiger partial charge in [0.1, 0.15) is 19.9 Å². The Kier molecular flexibility index (Phi) is 24.2. The maximum Gasteiger partial charge on any atom is 1.00 e. The summed E-state index contributed by atoms with van der Waals surface area (Å²) in [4.78, 5) is 46.5. The van der Waals surface area contributed by atoms with Crippen LogP contribution >= 0.6 is 69.0 Å². The van der Waals surface area contributed by atoms with Crippen molar-refractivity contribution in [2.75, 3.05) is 13.1 Å². The Bertz CT molecular complexity index is 3400. The summed E-state index contributed by atoms with van der Waals surface area (Å²) in [6.45, 7) is 16.8. The number of fused-ring (bicyclic) bond motifs is 4. The monoisotopic (exact) mass is 1310 g/mol. The Balaban J connectivity index is 0.000000244. The number of halogens is 5. The summed E-state index contributed by atoms with van der Waals surface area (Å²) < 4.78 is 24.5. The van der Waals surface area contributed by atoms with Crippen molar-refractivity contribution in [3.8, 4) is 33.8 Å². The Labute approximate surface area is 572 Å². The van der Waals surface area contributed by atoms with Gasteiger partial charge in [-0.05, 0) is 104 Å². The van der Waals surface area contributed by atoms with E-state index in [0.717, 1.165) is 82.7 Å². The zero-order valence-corrected chi connectivity index (χ0v) is 57.2. The third kappa shape index (κ3) is 15.3. The third-order valence-electron chi connectivity index (χ3n) is 13.3. The first kappa shape index (κ1) is 66.5. The number of benzene rings is 2. The number of imidazole rings is 2. The van der Waals surface area contributed by atoms with E-state index in [2.05, 4.69) is 105 Å². The molecule has 11 rings (SSSR count). The Morgan fingerprint density at radius 1 is 0.731 bits per heavy atom. The molecule has 0 unspecified atom stereocenters. The first-order valence-corrected chi connectivity index (χ1v) is 26.5. The number of rotatable bonds is 5. The molecule has 8 aromatic rings. The summed E-state index contributed by atoms with van der Waals surface area (Å²) in [5, 5.41) is 29.4. The van der Waals surface area contributed by atoms with Crippen LogP contribution in [0.3, 0.4) is 0 Å². The molecule has 0 aliphatic carbocycles. The Morgan fingerprint density at radius 3 is 1.62 bits per heavy atom. The van der Waals surface area contributed by atoms with Gasteiger partial charge in [-0.25, -0.2) is 9.97 Å². The second-order valence-corrected chi connectivity index (χ2v) is 22.3. The van der Waals surface area contributed by atoms with Crippen LogP contribution in [-0.4, -0.2) is 123 Å². The SMILES string of the molecule is CC(=O)N1CCn2c(Cl)nc(-c3ccc4c(c3)c(-c3cnn(C)c3)nn4C)c2C1.CC(=O)N1CCn2c(Cl)nc(I)c2C1.CC(Cl)Cl.Cn1cc(-c2nn(C)c3ccc(B4OC(C)(C)C(C)(C)O4)cc23)cn1.O=CO[O-].[H-].[K+].[K+]. The molecule has 0 bridgehead atoms. The van der Waals surface area contributed by atoms with E-state index in [0.29, 0.717) is 43.3 Å². The molecule has 0 saturated carbocycles. The molecule has 9 heterocycles. The predicted octanol–water partition coefficient (Wildman–Crippen LogP) is 0.994. The number of hydrogen-bond donors (Lipinski definition) is 0. The summed E-state index contributed by atoms with van der Waals surface area (Å²) in [5.74, 6) is 0.158. The van der Waals surface area contributed by atoms with Gasteiger partial charge in [-0.1, -0.05) is 18.2 Å². The van der Waals surface area contributed by atoms with Crippen LogP contribution in [-0.2, 0) is 82.9 Å². The minimum Gasteiger partial charge on any atom is -1.00 e. The molecule has 78 heavy (non-hydrogen) atoms. The second-order valence-electron chi connectivity index (χ2n) is 19.0. The number of carbonyl (C=O) groups is 3. The topological polar surface area (TPSA) is 215 Å². The summed E-state index contributed by atoms with van der Waals surface area (Å²) >= 11 is 24.6. The first-order chi connectivity index (χ1) is 35.8. The molecule has 1 saturated heterocycles. The van der Waals surface area contributed by atoms with E-state index in [1.165, 1.54) is 0 Å². The van der Waals surface area contributed by atoms with E-state index in [9.17, 15) is 9.59 Å². The van der Waals surface area contributed by atoms with Gasteiger partial charge in [0.25, 0.3) is 6.47 Å². The van der Waals surface area contributed by atoms with E-state index in [4.69, 9.17) is 70.9 Å². The maximum absolute atomic E-state index is 11.9. The fourth-order valence-electron chi connectivity index (χ4n) is 8.72. The van der Waals surface area contributed by atoms with Gasteiger partial charge in [0, 0.05) is 108 Å². The minimum absolute atomic E-state index is 0. The number of carbonyl (C=O) groups excluding carboxylic acids is 3. The van der Waals surface area contributed by atoms with Gasteiger partial charge in [-0.2, -0.15) is 20.4 Å². The third-order valence-corrected chi connectivity index (χ3v) is 14.7. The molecule has 2 amide bonds. The molecule has 1 fully saturated rings. The summed E-state index contributed by atoms with van der Waals surface area (Å²) in [6, 6.07) is 12.4. The van der Waals surface area contributed by atoms with Crippen LogP contribution in [0.2, 0.25) is 10.6 Å². The molecule has 0 radical (unpaired) electrons. The van der Waals surface area contributed by atoms with Crippen molar-refractivity contribution in [3.05, 3.63) is 86.8 Å². The van der Waals surface area contributed by atoms with Crippen molar-refractivity contribution in [1.82, 2.24) is 68.0 Å². The maximum atomic E-state index is 11.9. The van der Waals surface area contributed by atoms with Crippen molar-refractivity contribution < 1.29 is 138 Å². The molecule has 3 aliphatic rings. The average Bonchev–Trinajstić information content (AvgIpc) is 4.43. The van der Waals surface area contributed by atoms with Crippen LogP contribution in [0.4, 0.5) is 0 Å². The van der Waals surface area contributed by atoms with Crippen LogP contribution in [0.5, 0.6) is 0 Å². The molecule has 0 atom stereocenters. The standard InChI is InChI=1S/C20H20ClN7O.C18H23BN4O2.C8H9ClIN3O.C2H4Cl2.CH2O3.2K.H/c1-12(29)27-6-7-28-17(11-27)19(23-20(28)21)13-4-5-16-15(8-13)18(24-26(16)3)14-9-22-25(2)10-14;1-17(2)18(3,4)25-19(24-17)13-7-8-15-14(9-13)16(21-23(15)6)12-10-20-22(5)11-12;1-5(14)12-2-3-13-6(4-12)7(10)11-8(13)9;1-2(3)4;2-1-4-3;;;/h4-5,8-10H,6-7,11H2,1-3H3;7-11H,1-6H3;2-4H2,1H3;2H,1H3;1,3H;;;/q;;;;;2*+1;-1/p-1. The van der Waals surface area contributed by atoms with E-state index >= 15 is 0 Å². The van der Waals surface area contributed by atoms with Crippen molar-refractivity contribution in [2.45, 2.75) is 90.7 Å². The molecule has 0 N–H and O–H groups in total. The first-order valence-electron chi connectivity index (χ1n) is 23.8. The second kappa shape index (κ2) is 28.3. The number of alkyl halides is 2. The minimum atomic E-state index is -0.378. The zero-order chi connectivity index (χ0) is 55.6. The van der Waals surface area contributed by atoms with E-state index < -0.39 is 0 Å².